The van der Waals surface area contributed by atoms with Gasteiger partial charge in [0.2, 0.25) is 5.56 Å². The molecule has 7 heteroatoms. The summed E-state index contributed by atoms with van der Waals surface area (Å²) in [5.41, 5.74) is 0.668. The number of pyridine rings is 1. The normalized spacial score (nSPS) is 10.3. The molecule has 2 aromatic carbocycles. The molecule has 0 aliphatic heterocycles. The zero-order valence-electron chi connectivity index (χ0n) is 12.8. The lowest BCUT2D eigenvalue weighted by Gasteiger charge is -2.13. The molecular weight excluding hydrogens is 328 g/mol. The number of hydrogen-bond donors (Lipinski definition) is 3. The number of carbonyl (C=O) groups is 1. The standard InChI is InChI=1S/C18H13F2N3O2/c19-12-5-6-14(13(20)10-12)22-15-3-1-2-4-16(15)23-18(25)11-7-8-21-17(24)9-11/h1-10,22H,(H,21,24)(H,23,25). The number of rotatable bonds is 4. The third-order valence-corrected chi connectivity index (χ3v) is 3.41. The second-order valence-corrected chi connectivity index (χ2v) is 5.19. The molecule has 0 aliphatic carbocycles. The van der Waals surface area contributed by atoms with Gasteiger partial charge in [0.1, 0.15) is 11.6 Å². The molecule has 0 unspecified atom stereocenters. The molecule has 0 atom stereocenters. The molecule has 126 valence electrons. The SMILES string of the molecule is O=C(Nc1ccccc1Nc1ccc(F)cc1F)c1cc[nH]c(=O)c1. The van der Waals surface area contributed by atoms with Gasteiger partial charge in [-0.25, -0.2) is 8.78 Å². The second kappa shape index (κ2) is 6.96. The van der Waals surface area contributed by atoms with E-state index in [0.717, 1.165) is 12.1 Å². The Morgan fingerprint density at radius 3 is 2.40 bits per heavy atom. The van der Waals surface area contributed by atoms with Crippen LogP contribution in [0.4, 0.5) is 25.8 Å². The number of aromatic amines is 1. The number of aromatic nitrogens is 1. The van der Waals surface area contributed by atoms with E-state index < -0.39 is 23.1 Å². The van der Waals surface area contributed by atoms with E-state index in [9.17, 15) is 18.4 Å². The van der Waals surface area contributed by atoms with Gasteiger partial charge in [0, 0.05) is 23.9 Å². The zero-order chi connectivity index (χ0) is 17.8. The molecule has 3 aromatic rings. The van der Waals surface area contributed by atoms with Crippen LogP contribution in [0.1, 0.15) is 10.4 Å². The lowest BCUT2D eigenvalue weighted by atomic mass is 10.2. The molecule has 1 heterocycles. The van der Waals surface area contributed by atoms with Gasteiger partial charge in [0.05, 0.1) is 17.1 Å². The monoisotopic (exact) mass is 341 g/mol. The molecule has 0 radical (unpaired) electrons. The first-order valence-electron chi connectivity index (χ1n) is 7.34. The summed E-state index contributed by atoms with van der Waals surface area (Å²) in [4.78, 5) is 26.0. The third kappa shape index (κ3) is 3.89. The van der Waals surface area contributed by atoms with Crippen molar-refractivity contribution in [2.45, 2.75) is 0 Å². The molecule has 1 aromatic heterocycles. The summed E-state index contributed by atoms with van der Waals surface area (Å²) in [7, 11) is 0. The molecule has 0 spiro atoms. The minimum Gasteiger partial charge on any atom is -0.351 e. The number of amides is 1. The van der Waals surface area contributed by atoms with E-state index in [0.29, 0.717) is 11.4 Å². The van der Waals surface area contributed by atoms with Gasteiger partial charge in [-0.2, -0.15) is 0 Å². The number of halogens is 2. The summed E-state index contributed by atoms with van der Waals surface area (Å²) in [6.45, 7) is 0. The average Bonchev–Trinajstić information content (AvgIpc) is 2.59. The Labute approximate surface area is 141 Å². The Bertz CT molecular complexity index is 986. The third-order valence-electron chi connectivity index (χ3n) is 3.41. The van der Waals surface area contributed by atoms with Gasteiger partial charge in [0.25, 0.3) is 5.91 Å². The minimum absolute atomic E-state index is 0.0688. The highest BCUT2D eigenvalue weighted by Gasteiger charge is 2.11. The van der Waals surface area contributed by atoms with Crippen molar-refractivity contribution in [2.24, 2.45) is 0 Å². The van der Waals surface area contributed by atoms with Crippen LogP contribution >= 0.6 is 0 Å². The highest BCUT2D eigenvalue weighted by Crippen LogP contribution is 2.27. The number of nitrogens with one attached hydrogen (secondary N) is 3. The molecule has 5 nitrogen and oxygen atoms in total. The highest BCUT2D eigenvalue weighted by molar-refractivity contribution is 6.06. The van der Waals surface area contributed by atoms with Crippen LogP contribution in [0, 0.1) is 11.6 Å². The first kappa shape index (κ1) is 16.4. The lowest BCUT2D eigenvalue weighted by Crippen LogP contribution is -2.16. The van der Waals surface area contributed by atoms with Gasteiger partial charge in [-0.15, -0.1) is 0 Å². The number of para-hydroxylation sites is 2. The lowest BCUT2D eigenvalue weighted by molar-refractivity contribution is 0.102. The fourth-order valence-corrected chi connectivity index (χ4v) is 2.22. The van der Waals surface area contributed by atoms with Crippen molar-refractivity contribution in [1.29, 1.82) is 0 Å². The van der Waals surface area contributed by atoms with Gasteiger partial charge < -0.3 is 15.6 Å². The van der Waals surface area contributed by atoms with E-state index in [1.165, 1.54) is 24.4 Å². The van der Waals surface area contributed by atoms with E-state index in [-0.39, 0.29) is 11.3 Å². The number of H-pyrrole nitrogens is 1. The number of benzene rings is 2. The Hall–Kier alpha value is -3.48. The molecule has 3 rings (SSSR count). The maximum absolute atomic E-state index is 13.8. The van der Waals surface area contributed by atoms with E-state index in [2.05, 4.69) is 15.6 Å². The molecule has 0 saturated heterocycles. The molecule has 1 amide bonds. The quantitative estimate of drug-likeness (QED) is 0.678. The highest BCUT2D eigenvalue weighted by atomic mass is 19.1. The van der Waals surface area contributed by atoms with Crippen LogP contribution < -0.4 is 16.2 Å². The molecule has 0 fully saturated rings. The van der Waals surface area contributed by atoms with Gasteiger partial charge in [-0.1, -0.05) is 12.1 Å². The van der Waals surface area contributed by atoms with Gasteiger partial charge in [0.15, 0.2) is 0 Å². The maximum atomic E-state index is 13.8. The predicted octanol–water partition coefficient (Wildman–Crippen LogP) is 3.65. The van der Waals surface area contributed by atoms with Crippen LogP contribution in [0.3, 0.4) is 0 Å². The fraction of sp³-hybridized carbons (Fsp3) is 0. The van der Waals surface area contributed by atoms with Gasteiger partial charge in [-0.3, -0.25) is 9.59 Å². The Morgan fingerprint density at radius 1 is 0.920 bits per heavy atom. The van der Waals surface area contributed by atoms with Crippen molar-refractivity contribution in [2.75, 3.05) is 10.6 Å². The van der Waals surface area contributed by atoms with Crippen molar-refractivity contribution in [3.05, 3.63) is 88.3 Å². The molecular formula is C18H13F2N3O2. The summed E-state index contributed by atoms with van der Waals surface area (Å²) in [5.74, 6) is -1.92. The summed E-state index contributed by atoms with van der Waals surface area (Å²) >= 11 is 0. The molecule has 0 aliphatic rings. The zero-order valence-corrected chi connectivity index (χ0v) is 12.8. The number of anilines is 3. The Balaban J connectivity index is 1.86. The van der Waals surface area contributed by atoms with Crippen molar-refractivity contribution in [3.63, 3.8) is 0 Å². The van der Waals surface area contributed by atoms with Crippen LogP contribution in [0.25, 0.3) is 0 Å². The first-order valence-corrected chi connectivity index (χ1v) is 7.34. The van der Waals surface area contributed by atoms with E-state index in [4.69, 9.17) is 0 Å². The number of carbonyl (C=O) groups excluding carboxylic acids is 1. The van der Waals surface area contributed by atoms with Gasteiger partial charge in [-0.05, 0) is 30.3 Å². The predicted molar refractivity (Wildman–Crippen MR) is 91.1 cm³/mol. The molecule has 3 N–H and O–H groups in total. The van der Waals surface area contributed by atoms with E-state index in [1.54, 1.807) is 24.3 Å². The Kier molecular flexibility index (Phi) is 4.56. The van der Waals surface area contributed by atoms with Crippen LogP contribution in [-0.2, 0) is 0 Å². The van der Waals surface area contributed by atoms with Crippen molar-refractivity contribution >= 4 is 23.0 Å². The van der Waals surface area contributed by atoms with Crippen molar-refractivity contribution in [1.82, 2.24) is 4.98 Å². The maximum Gasteiger partial charge on any atom is 0.255 e. The minimum atomic E-state index is -0.754. The van der Waals surface area contributed by atoms with Crippen LogP contribution in [0.15, 0.2) is 65.6 Å². The summed E-state index contributed by atoms with van der Waals surface area (Å²) in [6, 6.07) is 12.4. The van der Waals surface area contributed by atoms with Crippen LogP contribution in [0.2, 0.25) is 0 Å². The van der Waals surface area contributed by atoms with Crippen LogP contribution in [-0.4, -0.2) is 10.9 Å². The molecule has 0 bridgehead atoms. The summed E-state index contributed by atoms with van der Waals surface area (Å²) < 4.78 is 26.8. The summed E-state index contributed by atoms with van der Waals surface area (Å²) in [5, 5.41) is 5.47. The van der Waals surface area contributed by atoms with E-state index >= 15 is 0 Å². The van der Waals surface area contributed by atoms with E-state index in [1.807, 2.05) is 0 Å². The summed E-state index contributed by atoms with van der Waals surface area (Å²) in [6.07, 6.45) is 1.37. The average molecular weight is 341 g/mol. The number of hydrogen-bond acceptors (Lipinski definition) is 3. The molecule has 0 saturated carbocycles. The largest absolute Gasteiger partial charge is 0.351 e. The Morgan fingerprint density at radius 2 is 1.68 bits per heavy atom. The van der Waals surface area contributed by atoms with Crippen molar-refractivity contribution in [3.8, 4) is 0 Å². The molecule has 25 heavy (non-hydrogen) atoms. The second-order valence-electron chi connectivity index (χ2n) is 5.19. The topological polar surface area (TPSA) is 74.0 Å². The van der Waals surface area contributed by atoms with Gasteiger partial charge >= 0.3 is 0 Å². The smallest absolute Gasteiger partial charge is 0.255 e. The fourth-order valence-electron chi connectivity index (χ4n) is 2.22. The van der Waals surface area contributed by atoms with Crippen LogP contribution in [0.5, 0.6) is 0 Å². The first-order chi connectivity index (χ1) is 12.0. The van der Waals surface area contributed by atoms with Crippen molar-refractivity contribution < 1.29 is 13.6 Å².